The molecule has 0 atom stereocenters. The lowest BCUT2D eigenvalue weighted by Crippen LogP contribution is -2.31. The van der Waals surface area contributed by atoms with Crippen LogP contribution in [-0.2, 0) is 14.8 Å². The fourth-order valence-corrected chi connectivity index (χ4v) is 3.62. The highest BCUT2D eigenvalue weighted by Crippen LogP contribution is 2.23. The van der Waals surface area contributed by atoms with Crippen LogP contribution >= 0.6 is 23.2 Å². The molecule has 26 heavy (non-hydrogen) atoms. The summed E-state index contributed by atoms with van der Waals surface area (Å²) in [7, 11) is -3.52. The minimum Gasteiger partial charge on any atom is -0.326 e. The number of nitrogens with zero attached hydrogens (tertiary/aromatic N) is 1. The number of halogens is 3. The molecule has 2 rings (SSSR count). The van der Waals surface area contributed by atoms with E-state index in [1.165, 1.54) is 16.4 Å². The smallest absolute Gasteiger partial charge is 0.232 e. The minimum atomic E-state index is -3.52. The van der Waals surface area contributed by atoms with Crippen LogP contribution in [0.25, 0.3) is 0 Å². The van der Waals surface area contributed by atoms with Crippen LogP contribution in [0.4, 0.5) is 15.8 Å². The van der Waals surface area contributed by atoms with Crippen LogP contribution in [0.1, 0.15) is 12.8 Å². The summed E-state index contributed by atoms with van der Waals surface area (Å²) in [6, 6.07) is 10.3. The van der Waals surface area contributed by atoms with Crippen LogP contribution in [0.2, 0.25) is 10.0 Å². The van der Waals surface area contributed by atoms with E-state index in [4.69, 9.17) is 23.2 Å². The summed E-state index contributed by atoms with van der Waals surface area (Å²) in [6.07, 6.45) is 1.47. The molecule has 2 aromatic carbocycles. The number of nitrogens with one attached hydrogen (secondary N) is 1. The maximum atomic E-state index is 13.1. The van der Waals surface area contributed by atoms with Crippen molar-refractivity contribution in [1.29, 1.82) is 0 Å². The second-order valence-corrected chi connectivity index (χ2v) is 8.35. The van der Waals surface area contributed by atoms with E-state index >= 15 is 0 Å². The monoisotopic (exact) mass is 418 g/mol. The van der Waals surface area contributed by atoms with E-state index in [1.807, 2.05) is 0 Å². The third kappa shape index (κ3) is 5.86. The number of anilines is 2. The van der Waals surface area contributed by atoms with Gasteiger partial charge in [-0.1, -0.05) is 29.3 Å². The van der Waals surface area contributed by atoms with Crippen molar-refractivity contribution in [1.82, 2.24) is 0 Å². The molecule has 2 aromatic rings. The van der Waals surface area contributed by atoms with E-state index in [2.05, 4.69) is 5.32 Å². The number of carbonyl (C=O) groups is 1. The number of rotatable bonds is 7. The first-order chi connectivity index (χ1) is 12.2. The van der Waals surface area contributed by atoms with Crippen LogP contribution in [0, 0.1) is 5.82 Å². The molecule has 0 saturated carbocycles. The van der Waals surface area contributed by atoms with Gasteiger partial charge in [-0.25, -0.2) is 12.8 Å². The Morgan fingerprint density at radius 1 is 1.19 bits per heavy atom. The van der Waals surface area contributed by atoms with Crippen molar-refractivity contribution >= 4 is 50.5 Å². The minimum absolute atomic E-state index is 0.0849. The van der Waals surface area contributed by atoms with E-state index in [0.29, 0.717) is 22.8 Å². The molecule has 0 saturated heterocycles. The van der Waals surface area contributed by atoms with Gasteiger partial charge in [0.05, 0.1) is 17.0 Å². The lowest BCUT2D eigenvalue weighted by molar-refractivity contribution is -0.116. The largest absolute Gasteiger partial charge is 0.326 e. The molecule has 1 N–H and O–H groups in total. The summed E-state index contributed by atoms with van der Waals surface area (Å²) in [6.45, 7) is 0.122. The van der Waals surface area contributed by atoms with Crippen molar-refractivity contribution in [2.45, 2.75) is 12.8 Å². The first-order valence-corrected chi connectivity index (χ1v) is 10.3. The number of hydrogen-bond donors (Lipinski definition) is 1. The van der Waals surface area contributed by atoms with Crippen LogP contribution in [-0.4, -0.2) is 27.1 Å². The highest BCUT2D eigenvalue weighted by Gasteiger charge is 2.18. The Morgan fingerprint density at radius 2 is 1.92 bits per heavy atom. The Labute approximate surface area is 161 Å². The Morgan fingerprint density at radius 3 is 2.54 bits per heavy atom. The Kier molecular flexibility index (Phi) is 6.86. The molecule has 5 nitrogen and oxygen atoms in total. The predicted molar refractivity (Wildman–Crippen MR) is 103 cm³/mol. The number of amides is 1. The summed E-state index contributed by atoms with van der Waals surface area (Å²) in [5.41, 5.74) is 0.807. The van der Waals surface area contributed by atoms with Crippen molar-refractivity contribution in [3.05, 3.63) is 58.3 Å². The van der Waals surface area contributed by atoms with Gasteiger partial charge in [0, 0.05) is 23.7 Å². The fraction of sp³-hybridized carbons (Fsp3) is 0.235. The molecule has 0 fully saturated rings. The van der Waals surface area contributed by atoms with Crippen LogP contribution in [0.15, 0.2) is 42.5 Å². The fourth-order valence-electron chi connectivity index (χ4n) is 2.30. The molecule has 0 heterocycles. The first kappa shape index (κ1) is 20.5. The zero-order valence-electron chi connectivity index (χ0n) is 13.9. The summed E-state index contributed by atoms with van der Waals surface area (Å²) in [4.78, 5) is 12.0. The van der Waals surface area contributed by atoms with Crippen molar-refractivity contribution in [3.63, 3.8) is 0 Å². The molecule has 1 amide bonds. The number of benzene rings is 2. The van der Waals surface area contributed by atoms with Gasteiger partial charge in [-0.3, -0.25) is 9.10 Å². The van der Waals surface area contributed by atoms with Gasteiger partial charge in [0.25, 0.3) is 0 Å². The second-order valence-electron chi connectivity index (χ2n) is 5.60. The topological polar surface area (TPSA) is 66.5 Å². The third-order valence-electron chi connectivity index (χ3n) is 3.46. The lowest BCUT2D eigenvalue weighted by atomic mass is 10.2. The zero-order valence-corrected chi connectivity index (χ0v) is 16.2. The molecule has 0 unspecified atom stereocenters. The molecule has 9 heteroatoms. The molecule has 0 radical (unpaired) electrons. The number of sulfonamides is 1. The highest BCUT2D eigenvalue weighted by molar-refractivity contribution is 7.92. The Balaban J connectivity index is 1.96. The van der Waals surface area contributed by atoms with Crippen molar-refractivity contribution < 1.29 is 17.6 Å². The van der Waals surface area contributed by atoms with Gasteiger partial charge in [-0.2, -0.15) is 0 Å². The maximum absolute atomic E-state index is 13.1. The number of hydrogen-bond acceptors (Lipinski definition) is 3. The van der Waals surface area contributed by atoms with Crippen LogP contribution in [0.3, 0.4) is 0 Å². The maximum Gasteiger partial charge on any atom is 0.232 e. The van der Waals surface area contributed by atoms with Crippen molar-refractivity contribution in [2.24, 2.45) is 0 Å². The van der Waals surface area contributed by atoms with E-state index in [1.54, 1.807) is 24.3 Å². The van der Waals surface area contributed by atoms with Gasteiger partial charge in [0.1, 0.15) is 5.82 Å². The van der Waals surface area contributed by atoms with E-state index in [0.717, 1.165) is 12.3 Å². The van der Waals surface area contributed by atoms with Crippen molar-refractivity contribution in [3.8, 4) is 0 Å². The number of carbonyl (C=O) groups excluding carboxylic acids is 1. The van der Waals surface area contributed by atoms with Gasteiger partial charge < -0.3 is 5.32 Å². The van der Waals surface area contributed by atoms with E-state index in [-0.39, 0.29) is 23.9 Å². The molecule has 0 aromatic heterocycles. The molecule has 140 valence electrons. The van der Waals surface area contributed by atoms with Gasteiger partial charge >= 0.3 is 0 Å². The molecule has 0 spiro atoms. The summed E-state index contributed by atoms with van der Waals surface area (Å²) < 4.78 is 38.3. The van der Waals surface area contributed by atoms with Gasteiger partial charge in [-0.05, 0) is 42.8 Å². The lowest BCUT2D eigenvalue weighted by Gasteiger charge is -2.22. The van der Waals surface area contributed by atoms with Gasteiger partial charge in [0.15, 0.2) is 0 Å². The average Bonchev–Trinajstić information content (AvgIpc) is 2.54. The van der Waals surface area contributed by atoms with Crippen LogP contribution in [0.5, 0.6) is 0 Å². The normalized spacial score (nSPS) is 11.2. The molecular weight excluding hydrogens is 402 g/mol. The summed E-state index contributed by atoms with van der Waals surface area (Å²) >= 11 is 11.6. The van der Waals surface area contributed by atoms with Crippen LogP contribution < -0.4 is 9.62 Å². The first-order valence-electron chi connectivity index (χ1n) is 7.65. The quantitative estimate of drug-likeness (QED) is 0.727. The highest BCUT2D eigenvalue weighted by atomic mass is 35.5. The SMILES string of the molecule is CS(=O)(=O)N(CCCC(=O)Nc1ccc(F)c(Cl)c1)c1cccc(Cl)c1. The third-order valence-corrected chi connectivity index (χ3v) is 5.18. The average molecular weight is 419 g/mol. The second kappa shape index (κ2) is 8.70. The molecule has 0 bridgehead atoms. The standard InChI is InChI=1S/C17H17Cl2FN2O3S/c1-26(24,25)22(14-5-2-4-12(18)10-14)9-3-6-17(23)21-13-7-8-16(20)15(19)11-13/h2,4-5,7-8,10-11H,3,6,9H2,1H3,(H,21,23). The zero-order chi connectivity index (χ0) is 19.3. The molecule has 0 aliphatic rings. The Bertz CT molecular complexity index is 907. The van der Waals surface area contributed by atoms with Gasteiger partial charge in [-0.15, -0.1) is 0 Å². The molecule has 0 aliphatic heterocycles. The summed E-state index contributed by atoms with van der Waals surface area (Å²) in [5, 5.41) is 2.92. The van der Waals surface area contributed by atoms with Crippen molar-refractivity contribution in [2.75, 3.05) is 22.4 Å². The molecule has 0 aliphatic carbocycles. The summed E-state index contributed by atoms with van der Waals surface area (Å²) in [5.74, 6) is -0.901. The van der Waals surface area contributed by atoms with Gasteiger partial charge in [0.2, 0.25) is 15.9 Å². The predicted octanol–water partition coefficient (Wildman–Crippen LogP) is 4.32. The van der Waals surface area contributed by atoms with E-state index < -0.39 is 15.8 Å². The van der Waals surface area contributed by atoms with E-state index in [9.17, 15) is 17.6 Å². The Hall–Kier alpha value is -1.83. The molecular formula is C17H17Cl2FN2O3S.